The number of nitrogens with one attached hydrogen (secondary N) is 1. The van der Waals surface area contributed by atoms with Gasteiger partial charge in [0.25, 0.3) is 0 Å². The number of nitrogens with two attached hydrogens (primary N) is 1. The lowest BCUT2D eigenvalue weighted by Gasteiger charge is -2.19. The Kier molecular flexibility index (Phi) is 27.5. The molecule has 0 fully saturated rings. The molecule has 0 aromatic carbocycles. The summed E-state index contributed by atoms with van der Waals surface area (Å²) in [6.45, 7) is -5.07. The van der Waals surface area contributed by atoms with Crippen molar-refractivity contribution >= 4 is 38.9 Å². The summed E-state index contributed by atoms with van der Waals surface area (Å²) >= 11 is 0. The maximum absolute atomic E-state index is 12.7. The topological polar surface area (TPSA) is 411 Å². The van der Waals surface area contributed by atoms with E-state index >= 15 is 0 Å². The summed E-state index contributed by atoms with van der Waals surface area (Å²) in [6.07, 6.45) is 2.19. The zero-order chi connectivity index (χ0) is 41.7. The second kappa shape index (κ2) is 29.1. The van der Waals surface area contributed by atoms with Crippen molar-refractivity contribution < 1.29 is 144 Å². The quantitative estimate of drug-likeness (QED) is 0.0104. The minimum atomic E-state index is -4.89. The minimum absolute atomic E-state index is 0.222. The Balaban J connectivity index is 4.15. The van der Waals surface area contributed by atoms with Gasteiger partial charge in [0.2, 0.25) is 0 Å². The molecule has 0 aliphatic heterocycles. The molecule has 37 heteroatoms. The number of halogens is 1. The number of rotatable bonds is 38. The Morgan fingerprint density at radius 3 is 1.54 bits per heavy atom. The van der Waals surface area contributed by atoms with Crippen LogP contribution in [0.1, 0.15) is 0 Å². The molecule has 0 aromatic rings. The van der Waals surface area contributed by atoms with Gasteiger partial charge in [-0.1, -0.05) is 0 Å². The van der Waals surface area contributed by atoms with Crippen molar-refractivity contribution in [1.29, 1.82) is 0 Å². The first-order valence-corrected chi connectivity index (χ1v) is 21.7. The summed E-state index contributed by atoms with van der Waals surface area (Å²) < 4.78 is 113. The molecule has 6 atom stereocenters. The standard InChI is InChI=1S/C17H38FN2O29P5/c1-50(21,22)36-6-2-32-44-48-45-34-4-8-38-53(28,29)42-14-17(11-20-18)15-43-54(30,31)39-9-5-35-47-49-46-33-3-7-37-52(26,27)41-13-16(10-19)12-40-51(23,24)25/h2,5-6,9,16-17,20H,3-4,7-8,10-15,19H2,1H3,(H,21,22)(H,26,27)(H,28,29)(H,30,31)(H2,23,24,25)/b6-2+,9-5+/i/hT. The van der Waals surface area contributed by atoms with Crippen LogP contribution in [0.3, 0.4) is 0 Å². The van der Waals surface area contributed by atoms with Crippen LogP contribution in [-0.2, 0) is 109 Å². The zero-order valence-electron chi connectivity index (χ0n) is 28.2. The van der Waals surface area contributed by atoms with E-state index < -0.39 is 110 Å². The van der Waals surface area contributed by atoms with E-state index in [2.05, 4.69) is 86.0 Å². The molecule has 0 aliphatic carbocycles. The Hall–Kier alpha value is -1.12. The molecule has 0 saturated carbocycles. The fraction of sp³-hybridized carbons (Fsp3) is 0.765. The van der Waals surface area contributed by atoms with E-state index in [9.17, 15) is 42.0 Å². The SMILES string of the molecule is [3H]NCC(COP(=O)(O)O)COP(=O)(O)OCCOOOOO/C=C/OP(=O)(O)OCC(CNF)COP(=O)(O)OCCOOOOO/C=C/OP(C)(=O)O. The van der Waals surface area contributed by atoms with Gasteiger partial charge in [0.05, 0.1) is 39.6 Å². The molecule has 0 aromatic heterocycles. The van der Waals surface area contributed by atoms with E-state index in [0.717, 1.165) is 6.66 Å². The Morgan fingerprint density at radius 2 is 1.07 bits per heavy atom. The van der Waals surface area contributed by atoms with Crippen LogP contribution in [0, 0.1) is 11.8 Å². The number of phosphoric acid groups is 4. The summed E-state index contributed by atoms with van der Waals surface area (Å²) in [6, 6.07) is 0. The lowest BCUT2D eigenvalue weighted by molar-refractivity contribution is -0.700. The molecule has 9 N–H and O–H groups in total. The molecule has 0 amide bonds. The summed E-state index contributed by atoms with van der Waals surface area (Å²) in [5, 5.41) is 23.6. The molecule has 31 nitrogen and oxygen atoms in total. The normalized spacial score (nSPS) is 18.3. The highest BCUT2D eigenvalue weighted by molar-refractivity contribution is 7.52. The number of hydrogen-bond donors (Lipinski definition) is 8. The zero-order valence-corrected chi connectivity index (χ0v) is 31.7. The van der Waals surface area contributed by atoms with Crippen molar-refractivity contribution in [3.8, 4) is 0 Å². The maximum Gasteiger partial charge on any atom is 0.526 e. The first-order valence-electron chi connectivity index (χ1n) is 14.1. The van der Waals surface area contributed by atoms with Gasteiger partial charge in [-0.05, 0) is 16.6 Å². The van der Waals surface area contributed by atoms with E-state index in [1.165, 1.54) is 5.54 Å². The van der Waals surface area contributed by atoms with Crippen molar-refractivity contribution in [2.24, 2.45) is 17.6 Å². The molecule has 322 valence electrons. The third-order valence-corrected chi connectivity index (χ3v) is 8.18. The highest BCUT2D eigenvalue weighted by Crippen LogP contribution is 2.46. The summed E-state index contributed by atoms with van der Waals surface area (Å²) in [7, 11) is -23.0. The summed E-state index contributed by atoms with van der Waals surface area (Å²) in [5.74, 6) is -2.09. The first kappa shape index (κ1) is 50.9. The van der Waals surface area contributed by atoms with Crippen LogP contribution in [0.15, 0.2) is 25.0 Å². The highest BCUT2D eigenvalue weighted by atomic mass is 31.2. The smallest absolute Gasteiger partial charge is 0.429 e. The van der Waals surface area contributed by atoms with Crippen LogP contribution < -0.4 is 11.3 Å². The van der Waals surface area contributed by atoms with Gasteiger partial charge in [0.1, 0.15) is 27.1 Å². The molecule has 0 heterocycles. The van der Waals surface area contributed by atoms with E-state index in [-0.39, 0.29) is 6.54 Å². The van der Waals surface area contributed by atoms with Crippen molar-refractivity contribution in [3.63, 3.8) is 0 Å². The molecule has 0 aliphatic rings. The molecule has 0 saturated heterocycles. The first-order chi connectivity index (χ1) is 25.7. The predicted octanol–water partition coefficient (Wildman–Crippen LogP) is 0.422. The molecule has 0 spiro atoms. The average Bonchev–Trinajstić information content (AvgIpc) is 3.07. The monoisotopic (exact) mass is 910 g/mol. The van der Waals surface area contributed by atoms with Crippen molar-refractivity contribution in [3.05, 3.63) is 25.0 Å². The Morgan fingerprint density at radius 1 is 0.611 bits per heavy atom. The lowest BCUT2D eigenvalue weighted by atomic mass is 10.2. The van der Waals surface area contributed by atoms with Crippen LogP contribution in [0.2, 0.25) is 1.41 Å². The van der Waals surface area contributed by atoms with Gasteiger partial charge in [-0.3, -0.25) is 32.0 Å². The molecule has 0 bridgehead atoms. The summed E-state index contributed by atoms with van der Waals surface area (Å²) in [5.41, 5.74) is 3.13. The third kappa shape index (κ3) is 35.3. The molecule has 0 rings (SSSR count). The van der Waals surface area contributed by atoms with Gasteiger partial charge in [0, 0.05) is 45.2 Å². The van der Waals surface area contributed by atoms with Gasteiger partial charge in [0.15, 0.2) is 12.5 Å². The van der Waals surface area contributed by atoms with Crippen molar-refractivity contribution in [2.75, 3.05) is 72.6 Å². The fourth-order valence-electron chi connectivity index (χ4n) is 2.21. The number of hydrogen-bond acceptors (Lipinski definition) is 25. The van der Waals surface area contributed by atoms with Gasteiger partial charge < -0.3 is 49.0 Å². The largest absolute Gasteiger partial charge is 0.526 e. The average molecular weight is 910 g/mol. The second-order valence-corrected chi connectivity index (χ2v) is 16.2. The molecule has 54 heavy (non-hydrogen) atoms. The summed E-state index contributed by atoms with van der Waals surface area (Å²) in [4.78, 5) is 72.2. The Labute approximate surface area is 304 Å². The molecule has 6 unspecified atom stereocenters. The predicted molar refractivity (Wildman–Crippen MR) is 159 cm³/mol. The van der Waals surface area contributed by atoms with Crippen LogP contribution in [0.25, 0.3) is 0 Å². The maximum atomic E-state index is 12.7. The van der Waals surface area contributed by atoms with E-state index in [1.807, 2.05) is 5.73 Å². The van der Waals surface area contributed by atoms with E-state index in [1.54, 1.807) is 0 Å². The lowest BCUT2D eigenvalue weighted by Crippen LogP contribution is -2.25. The molecular weight excluding hydrogens is 870 g/mol. The van der Waals surface area contributed by atoms with Crippen molar-refractivity contribution in [1.82, 2.24) is 5.54 Å². The number of phosphoric ester groups is 4. The second-order valence-electron chi connectivity index (χ2n) is 8.82. The Bertz CT molecular complexity index is 1310. The van der Waals surface area contributed by atoms with Crippen LogP contribution in [0.4, 0.5) is 4.48 Å². The minimum Gasteiger partial charge on any atom is -0.429 e. The molecule has 0 radical (unpaired) electrons. The van der Waals surface area contributed by atoms with Gasteiger partial charge in [-0.2, -0.15) is 5.54 Å². The highest BCUT2D eigenvalue weighted by Gasteiger charge is 2.28. The van der Waals surface area contributed by atoms with E-state index in [0.29, 0.717) is 25.0 Å². The van der Waals surface area contributed by atoms with Crippen LogP contribution in [-0.4, -0.2) is 102 Å². The van der Waals surface area contributed by atoms with Crippen LogP contribution >= 0.6 is 38.9 Å². The van der Waals surface area contributed by atoms with Crippen LogP contribution in [0.5, 0.6) is 0 Å². The van der Waals surface area contributed by atoms with E-state index in [4.69, 9.17) is 16.1 Å². The third-order valence-electron chi connectivity index (χ3n) is 4.35. The van der Waals surface area contributed by atoms with Gasteiger partial charge in [-0.15, -0.1) is 4.48 Å². The van der Waals surface area contributed by atoms with Crippen molar-refractivity contribution in [2.45, 2.75) is 0 Å². The van der Waals surface area contributed by atoms with Gasteiger partial charge in [-0.25, -0.2) is 32.6 Å². The van der Waals surface area contributed by atoms with Gasteiger partial charge >= 0.3 is 38.9 Å². The molecular formula is C17H38FN2O29P5. The fourth-order valence-corrected chi connectivity index (χ4v) is 5.12.